The zero-order valence-corrected chi connectivity index (χ0v) is 7.83. The largest absolute Gasteiger partial charge is 0.481 e. The highest BCUT2D eigenvalue weighted by molar-refractivity contribution is 5.73. The molecule has 3 N–H and O–H groups in total. The van der Waals surface area contributed by atoms with Gasteiger partial charge in [-0.15, -0.1) is 0 Å². The van der Waals surface area contributed by atoms with Crippen LogP contribution in [0.3, 0.4) is 0 Å². The molecular formula is C7H11N3O4. The summed E-state index contributed by atoms with van der Waals surface area (Å²) >= 11 is 0. The summed E-state index contributed by atoms with van der Waals surface area (Å²) in [6, 6.07) is 0. The molecule has 0 saturated carbocycles. The van der Waals surface area contributed by atoms with Crippen molar-refractivity contribution in [3.8, 4) is 0 Å². The number of carboxylic acid groups (broad SMARTS) is 1. The average Bonchev–Trinajstić information content (AvgIpc) is 2.35. The second-order valence-electron chi connectivity index (χ2n) is 3.64. The molecule has 0 aliphatic heterocycles. The number of carboxylic acids is 1. The molecule has 1 rings (SSSR count). The van der Waals surface area contributed by atoms with Gasteiger partial charge < -0.3 is 5.11 Å². The summed E-state index contributed by atoms with van der Waals surface area (Å²) in [5.74, 6) is -1.06. The van der Waals surface area contributed by atoms with E-state index in [0.29, 0.717) is 0 Å². The fourth-order valence-electron chi connectivity index (χ4n) is 0.941. The van der Waals surface area contributed by atoms with Crippen molar-refractivity contribution in [1.82, 2.24) is 14.8 Å². The van der Waals surface area contributed by atoms with Gasteiger partial charge in [-0.25, -0.2) is 24.4 Å². The standard InChI is InChI=1S/C7H11N3O4/c1-7(2,4(11)12)3-10-5(13)8-9-6(10)14/h3H2,1-2H3,(H,8,13)(H,9,14)(H,11,12). The third-order valence-electron chi connectivity index (χ3n) is 1.90. The van der Waals surface area contributed by atoms with Crippen LogP contribution in [0.1, 0.15) is 13.8 Å². The maximum absolute atomic E-state index is 11.0. The average molecular weight is 201 g/mol. The zero-order chi connectivity index (χ0) is 10.9. The van der Waals surface area contributed by atoms with E-state index >= 15 is 0 Å². The first-order valence-electron chi connectivity index (χ1n) is 3.95. The van der Waals surface area contributed by atoms with Gasteiger partial charge in [-0.05, 0) is 13.8 Å². The lowest BCUT2D eigenvalue weighted by Gasteiger charge is -2.17. The summed E-state index contributed by atoms with van der Waals surface area (Å²) in [4.78, 5) is 32.8. The molecule has 0 aliphatic carbocycles. The molecule has 78 valence electrons. The lowest BCUT2D eigenvalue weighted by atomic mass is 9.94. The second kappa shape index (κ2) is 3.17. The molecule has 0 unspecified atom stereocenters. The van der Waals surface area contributed by atoms with Gasteiger partial charge in [-0.3, -0.25) is 4.79 Å². The maximum Gasteiger partial charge on any atom is 0.344 e. The predicted molar refractivity (Wildman–Crippen MR) is 47.1 cm³/mol. The van der Waals surface area contributed by atoms with Crippen molar-refractivity contribution >= 4 is 5.97 Å². The van der Waals surface area contributed by atoms with Gasteiger partial charge >= 0.3 is 17.3 Å². The van der Waals surface area contributed by atoms with Crippen molar-refractivity contribution in [3.05, 3.63) is 21.0 Å². The summed E-state index contributed by atoms with van der Waals surface area (Å²) in [6.45, 7) is 2.71. The lowest BCUT2D eigenvalue weighted by molar-refractivity contribution is -0.147. The molecule has 1 heterocycles. The van der Waals surface area contributed by atoms with Crippen LogP contribution >= 0.6 is 0 Å². The number of hydrogen-bond acceptors (Lipinski definition) is 3. The number of nitrogens with one attached hydrogen (secondary N) is 2. The third kappa shape index (κ3) is 1.76. The Labute approximate surface area is 78.4 Å². The van der Waals surface area contributed by atoms with Crippen molar-refractivity contribution in [2.24, 2.45) is 5.41 Å². The first-order chi connectivity index (χ1) is 6.34. The van der Waals surface area contributed by atoms with Gasteiger partial charge in [-0.2, -0.15) is 0 Å². The molecule has 7 nitrogen and oxygen atoms in total. The molecule has 0 amide bonds. The van der Waals surface area contributed by atoms with E-state index in [1.807, 2.05) is 0 Å². The van der Waals surface area contributed by atoms with Crippen LogP contribution in [0.5, 0.6) is 0 Å². The van der Waals surface area contributed by atoms with Gasteiger partial charge in [0.25, 0.3) is 0 Å². The predicted octanol–water partition coefficient (Wildman–Crippen LogP) is -1.02. The highest BCUT2D eigenvalue weighted by Gasteiger charge is 2.29. The molecule has 1 aromatic rings. The van der Waals surface area contributed by atoms with Crippen molar-refractivity contribution in [3.63, 3.8) is 0 Å². The molecule has 14 heavy (non-hydrogen) atoms. The van der Waals surface area contributed by atoms with E-state index in [-0.39, 0.29) is 6.54 Å². The summed E-state index contributed by atoms with van der Waals surface area (Å²) in [6.07, 6.45) is 0. The van der Waals surface area contributed by atoms with Crippen molar-refractivity contribution in [1.29, 1.82) is 0 Å². The fraction of sp³-hybridized carbons (Fsp3) is 0.571. The Bertz CT molecular complexity index is 422. The van der Waals surface area contributed by atoms with E-state index in [0.717, 1.165) is 4.57 Å². The van der Waals surface area contributed by atoms with Gasteiger partial charge in [0.05, 0.1) is 5.41 Å². The van der Waals surface area contributed by atoms with Crippen molar-refractivity contribution in [2.45, 2.75) is 20.4 Å². The molecule has 0 fully saturated rings. The fourth-order valence-corrected chi connectivity index (χ4v) is 0.941. The number of aromatic nitrogens is 3. The Balaban J connectivity index is 3.06. The minimum atomic E-state index is -1.15. The van der Waals surface area contributed by atoms with Gasteiger partial charge in [-0.1, -0.05) is 0 Å². The Hall–Kier alpha value is -1.79. The number of aliphatic carboxylic acids is 1. The van der Waals surface area contributed by atoms with Crippen LogP contribution in [-0.2, 0) is 11.3 Å². The monoisotopic (exact) mass is 201 g/mol. The lowest BCUT2D eigenvalue weighted by Crippen LogP contribution is -2.37. The van der Waals surface area contributed by atoms with E-state index < -0.39 is 22.8 Å². The molecule has 7 heteroatoms. The molecule has 0 saturated heterocycles. The third-order valence-corrected chi connectivity index (χ3v) is 1.90. The van der Waals surface area contributed by atoms with E-state index in [2.05, 4.69) is 10.2 Å². The topological polar surface area (TPSA) is 108 Å². The first kappa shape index (κ1) is 10.3. The number of hydrogen-bond donors (Lipinski definition) is 3. The minimum absolute atomic E-state index is 0.167. The molecule has 0 radical (unpaired) electrons. The normalized spacial score (nSPS) is 11.6. The van der Waals surface area contributed by atoms with Crippen LogP contribution < -0.4 is 11.4 Å². The van der Waals surface area contributed by atoms with Crippen LogP contribution in [0.15, 0.2) is 9.59 Å². The molecule has 0 atom stereocenters. The van der Waals surface area contributed by atoms with Crippen molar-refractivity contribution < 1.29 is 9.90 Å². The molecule has 0 aliphatic rings. The van der Waals surface area contributed by atoms with Gasteiger partial charge in [0.2, 0.25) is 0 Å². The van der Waals surface area contributed by atoms with E-state index in [1.165, 1.54) is 13.8 Å². The highest BCUT2D eigenvalue weighted by Crippen LogP contribution is 2.15. The van der Waals surface area contributed by atoms with E-state index in [9.17, 15) is 14.4 Å². The Morgan fingerprint density at radius 3 is 2.14 bits per heavy atom. The van der Waals surface area contributed by atoms with Crippen LogP contribution in [-0.4, -0.2) is 25.8 Å². The summed E-state index contributed by atoms with van der Waals surface area (Å²) < 4.78 is 0.814. The SMILES string of the molecule is CC(C)(Cn1c(=O)[nH][nH]c1=O)C(=O)O. The van der Waals surface area contributed by atoms with Crippen LogP contribution in [0, 0.1) is 5.41 Å². The van der Waals surface area contributed by atoms with E-state index in [1.54, 1.807) is 0 Å². The van der Waals surface area contributed by atoms with Crippen LogP contribution in [0.4, 0.5) is 0 Å². The Kier molecular flexibility index (Phi) is 2.33. The number of nitrogens with zero attached hydrogens (tertiary/aromatic N) is 1. The maximum atomic E-state index is 11.0. The van der Waals surface area contributed by atoms with Crippen molar-refractivity contribution in [2.75, 3.05) is 0 Å². The molecule has 1 aromatic heterocycles. The van der Waals surface area contributed by atoms with E-state index in [4.69, 9.17) is 5.11 Å². The highest BCUT2D eigenvalue weighted by atomic mass is 16.4. The smallest absolute Gasteiger partial charge is 0.344 e. The number of rotatable bonds is 3. The number of aromatic amines is 2. The quantitative estimate of drug-likeness (QED) is 0.581. The molecular weight excluding hydrogens is 190 g/mol. The molecule has 0 spiro atoms. The van der Waals surface area contributed by atoms with Crippen LogP contribution in [0.25, 0.3) is 0 Å². The zero-order valence-electron chi connectivity index (χ0n) is 7.83. The summed E-state index contributed by atoms with van der Waals surface area (Å²) in [5.41, 5.74) is -2.42. The Morgan fingerprint density at radius 2 is 1.79 bits per heavy atom. The van der Waals surface area contributed by atoms with Gasteiger partial charge in [0, 0.05) is 6.54 Å². The molecule has 0 bridgehead atoms. The minimum Gasteiger partial charge on any atom is -0.481 e. The molecule has 0 aromatic carbocycles. The van der Waals surface area contributed by atoms with Crippen LogP contribution in [0.2, 0.25) is 0 Å². The van der Waals surface area contributed by atoms with Gasteiger partial charge in [0.1, 0.15) is 0 Å². The number of carbonyl (C=O) groups is 1. The first-order valence-corrected chi connectivity index (χ1v) is 3.95. The second-order valence-corrected chi connectivity index (χ2v) is 3.64. The van der Waals surface area contributed by atoms with Gasteiger partial charge in [0.15, 0.2) is 0 Å². The number of H-pyrrole nitrogens is 2. The Morgan fingerprint density at radius 1 is 1.36 bits per heavy atom. The summed E-state index contributed by atoms with van der Waals surface area (Å²) in [5, 5.41) is 12.9. The summed E-state index contributed by atoms with van der Waals surface area (Å²) in [7, 11) is 0.